The molecule has 96 valence electrons. The third-order valence-electron chi connectivity index (χ3n) is 3.47. The van der Waals surface area contributed by atoms with E-state index >= 15 is 0 Å². The van der Waals surface area contributed by atoms with Crippen molar-refractivity contribution in [2.75, 3.05) is 13.2 Å². The van der Waals surface area contributed by atoms with Crippen molar-refractivity contribution in [3.05, 3.63) is 59.7 Å². The molecule has 19 heavy (non-hydrogen) atoms. The summed E-state index contributed by atoms with van der Waals surface area (Å²) in [7, 11) is 0. The van der Waals surface area contributed by atoms with Crippen molar-refractivity contribution in [1.29, 1.82) is 0 Å². The van der Waals surface area contributed by atoms with E-state index in [2.05, 4.69) is 55.5 Å². The molecule has 3 rings (SSSR count). The highest BCUT2D eigenvalue weighted by atomic mass is 16.5. The summed E-state index contributed by atoms with van der Waals surface area (Å²) < 4.78 is 5.72. The van der Waals surface area contributed by atoms with Gasteiger partial charge in [-0.05, 0) is 35.8 Å². The molecule has 2 aromatic carbocycles. The number of hydrogen-bond acceptors (Lipinski definition) is 2. The van der Waals surface area contributed by atoms with Gasteiger partial charge in [0.25, 0.3) is 0 Å². The second-order valence-electron chi connectivity index (χ2n) is 4.82. The fourth-order valence-corrected chi connectivity index (χ4v) is 2.45. The summed E-state index contributed by atoms with van der Waals surface area (Å²) in [6, 6.07) is 14.8. The highest BCUT2D eigenvalue weighted by molar-refractivity contribution is 5.77. The quantitative estimate of drug-likeness (QED) is 0.888. The van der Waals surface area contributed by atoms with Crippen molar-refractivity contribution >= 4 is 5.57 Å². The van der Waals surface area contributed by atoms with Gasteiger partial charge in [-0.15, -0.1) is 0 Å². The first kappa shape index (κ1) is 12.0. The van der Waals surface area contributed by atoms with Gasteiger partial charge in [-0.3, -0.25) is 0 Å². The number of rotatable bonds is 2. The second kappa shape index (κ2) is 4.90. The van der Waals surface area contributed by atoms with Crippen molar-refractivity contribution < 1.29 is 4.74 Å². The predicted octanol–water partition coefficient (Wildman–Crippen LogP) is 3.40. The van der Waals surface area contributed by atoms with Gasteiger partial charge in [0.2, 0.25) is 0 Å². The van der Waals surface area contributed by atoms with Crippen LogP contribution in [0, 0.1) is 6.92 Å². The van der Waals surface area contributed by atoms with Crippen molar-refractivity contribution in [3.8, 4) is 16.9 Å². The monoisotopic (exact) mass is 251 g/mol. The SMILES string of the molecule is Cc1cccc(-c2ccc3c(c2)OCC=C3CN)c1. The van der Waals surface area contributed by atoms with Crippen molar-refractivity contribution in [3.63, 3.8) is 0 Å². The van der Waals surface area contributed by atoms with E-state index in [1.54, 1.807) is 0 Å². The van der Waals surface area contributed by atoms with Crippen LogP contribution in [0.4, 0.5) is 0 Å². The lowest BCUT2D eigenvalue weighted by Crippen LogP contribution is -2.10. The minimum atomic E-state index is 0.556. The molecule has 0 amide bonds. The topological polar surface area (TPSA) is 35.2 Å². The van der Waals surface area contributed by atoms with E-state index in [1.807, 2.05) is 0 Å². The van der Waals surface area contributed by atoms with Gasteiger partial charge in [0, 0.05) is 12.1 Å². The lowest BCUT2D eigenvalue weighted by molar-refractivity contribution is 0.357. The Morgan fingerprint density at radius 2 is 1.95 bits per heavy atom. The molecular weight excluding hydrogens is 234 g/mol. The lowest BCUT2D eigenvalue weighted by Gasteiger charge is -2.18. The minimum absolute atomic E-state index is 0.556. The Morgan fingerprint density at radius 3 is 2.74 bits per heavy atom. The van der Waals surface area contributed by atoms with Crippen LogP contribution >= 0.6 is 0 Å². The average molecular weight is 251 g/mol. The molecule has 2 N–H and O–H groups in total. The highest BCUT2D eigenvalue weighted by Crippen LogP contribution is 2.33. The molecule has 0 radical (unpaired) electrons. The second-order valence-corrected chi connectivity index (χ2v) is 4.82. The fourth-order valence-electron chi connectivity index (χ4n) is 2.45. The molecule has 0 aromatic heterocycles. The Labute approximate surface area is 113 Å². The van der Waals surface area contributed by atoms with E-state index in [4.69, 9.17) is 10.5 Å². The third kappa shape index (κ3) is 2.27. The maximum Gasteiger partial charge on any atom is 0.127 e. The molecular formula is C17H17NO. The standard InChI is InChI=1S/C17H17NO/c1-12-3-2-4-13(9-12)14-5-6-16-15(11-18)7-8-19-17(16)10-14/h2-7,9-10H,8,11,18H2,1H3. The van der Waals surface area contributed by atoms with Gasteiger partial charge in [0.15, 0.2) is 0 Å². The Bertz CT molecular complexity index is 643. The first-order valence-corrected chi connectivity index (χ1v) is 6.51. The maximum absolute atomic E-state index is 5.76. The van der Waals surface area contributed by atoms with Gasteiger partial charge in [-0.2, -0.15) is 0 Å². The summed E-state index contributed by atoms with van der Waals surface area (Å²) in [5.74, 6) is 0.932. The number of nitrogens with two attached hydrogens (primary N) is 1. The van der Waals surface area contributed by atoms with Crippen LogP contribution in [0.15, 0.2) is 48.5 Å². The molecule has 0 fully saturated rings. The van der Waals surface area contributed by atoms with Crippen LogP contribution < -0.4 is 10.5 Å². The van der Waals surface area contributed by atoms with E-state index < -0.39 is 0 Å². The number of benzene rings is 2. The number of fused-ring (bicyclic) bond motifs is 1. The Hall–Kier alpha value is -2.06. The van der Waals surface area contributed by atoms with Crippen molar-refractivity contribution in [2.45, 2.75) is 6.92 Å². The molecule has 0 aliphatic carbocycles. The van der Waals surface area contributed by atoms with E-state index in [0.29, 0.717) is 13.2 Å². The van der Waals surface area contributed by atoms with Crippen LogP contribution in [0.5, 0.6) is 5.75 Å². The van der Waals surface area contributed by atoms with Gasteiger partial charge in [0.05, 0.1) is 0 Å². The van der Waals surface area contributed by atoms with Gasteiger partial charge in [0.1, 0.15) is 12.4 Å². The van der Waals surface area contributed by atoms with E-state index in [-0.39, 0.29) is 0 Å². The summed E-state index contributed by atoms with van der Waals surface area (Å²) >= 11 is 0. The molecule has 0 saturated carbocycles. The van der Waals surface area contributed by atoms with E-state index in [0.717, 1.165) is 16.9 Å². The Morgan fingerprint density at radius 1 is 1.11 bits per heavy atom. The first-order valence-electron chi connectivity index (χ1n) is 6.51. The summed E-state index contributed by atoms with van der Waals surface area (Å²) in [5.41, 5.74) is 11.7. The normalized spacial score (nSPS) is 13.5. The lowest BCUT2D eigenvalue weighted by atomic mass is 9.97. The Balaban J connectivity index is 2.05. The molecule has 0 unspecified atom stereocenters. The van der Waals surface area contributed by atoms with Crippen molar-refractivity contribution in [1.82, 2.24) is 0 Å². The zero-order valence-corrected chi connectivity index (χ0v) is 11.0. The average Bonchev–Trinajstić information content (AvgIpc) is 2.46. The fraction of sp³-hybridized carbons (Fsp3) is 0.176. The zero-order valence-electron chi connectivity index (χ0n) is 11.0. The van der Waals surface area contributed by atoms with Crippen LogP contribution in [-0.2, 0) is 0 Å². The molecule has 2 heteroatoms. The molecule has 1 heterocycles. The smallest absolute Gasteiger partial charge is 0.127 e. The predicted molar refractivity (Wildman–Crippen MR) is 79.1 cm³/mol. The summed E-state index contributed by atoms with van der Waals surface area (Å²) in [4.78, 5) is 0. The zero-order chi connectivity index (χ0) is 13.2. The van der Waals surface area contributed by atoms with Gasteiger partial charge >= 0.3 is 0 Å². The largest absolute Gasteiger partial charge is 0.489 e. The molecule has 2 aromatic rings. The van der Waals surface area contributed by atoms with Crippen LogP contribution in [0.2, 0.25) is 0 Å². The van der Waals surface area contributed by atoms with Crippen molar-refractivity contribution in [2.24, 2.45) is 5.73 Å². The van der Waals surface area contributed by atoms with Gasteiger partial charge in [-0.25, -0.2) is 0 Å². The van der Waals surface area contributed by atoms with Crippen LogP contribution in [0.1, 0.15) is 11.1 Å². The molecule has 1 aliphatic rings. The van der Waals surface area contributed by atoms with Crippen LogP contribution in [0.25, 0.3) is 16.7 Å². The molecule has 2 nitrogen and oxygen atoms in total. The number of hydrogen-bond donors (Lipinski definition) is 1. The minimum Gasteiger partial charge on any atom is -0.489 e. The Kier molecular flexibility index (Phi) is 3.10. The number of aryl methyl sites for hydroxylation is 1. The summed E-state index contributed by atoms with van der Waals surface area (Å²) in [6.07, 6.45) is 2.05. The summed E-state index contributed by atoms with van der Waals surface area (Å²) in [6.45, 7) is 3.27. The highest BCUT2D eigenvalue weighted by Gasteiger charge is 2.13. The molecule has 0 saturated heterocycles. The first-order chi connectivity index (χ1) is 9.28. The van der Waals surface area contributed by atoms with Gasteiger partial charge in [-0.1, -0.05) is 42.0 Å². The molecule has 0 spiro atoms. The number of ether oxygens (including phenoxy) is 1. The maximum atomic E-state index is 5.76. The van der Waals surface area contributed by atoms with Crippen LogP contribution in [-0.4, -0.2) is 13.2 Å². The van der Waals surface area contributed by atoms with Gasteiger partial charge < -0.3 is 10.5 Å². The summed E-state index contributed by atoms with van der Waals surface area (Å²) in [5, 5.41) is 0. The van der Waals surface area contributed by atoms with Crippen LogP contribution in [0.3, 0.4) is 0 Å². The third-order valence-corrected chi connectivity index (χ3v) is 3.47. The van der Waals surface area contributed by atoms with E-state index in [9.17, 15) is 0 Å². The molecule has 0 bridgehead atoms. The molecule has 1 aliphatic heterocycles. The molecule has 0 atom stereocenters. The van der Waals surface area contributed by atoms with E-state index in [1.165, 1.54) is 16.7 Å².